The fourth-order valence-electron chi connectivity index (χ4n) is 5.01. The van der Waals surface area contributed by atoms with Gasteiger partial charge in [0.15, 0.2) is 0 Å². The summed E-state index contributed by atoms with van der Waals surface area (Å²) in [6, 6.07) is 10.3. The van der Waals surface area contributed by atoms with E-state index < -0.39 is 10.9 Å². The van der Waals surface area contributed by atoms with Gasteiger partial charge in [0.25, 0.3) is 0 Å². The Kier molecular flexibility index (Phi) is 8.19. The van der Waals surface area contributed by atoms with E-state index in [1.165, 1.54) is 18.4 Å². The number of likely N-dealkylation sites (N-methyl/N-ethyl adjacent to an activating group) is 1. The molecule has 0 spiro atoms. The Morgan fingerprint density at radius 3 is 2.46 bits per heavy atom. The number of piperazine rings is 1. The second-order valence-electron chi connectivity index (χ2n) is 9.69. The molecule has 0 unspecified atom stereocenters. The number of thiophene rings is 1. The van der Waals surface area contributed by atoms with Gasteiger partial charge < -0.3 is 25.2 Å². The summed E-state index contributed by atoms with van der Waals surface area (Å²) in [5, 5.41) is 19.3. The topological polar surface area (TPSA) is 129 Å². The van der Waals surface area contributed by atoms with Crippen LogP contribution in [-0.4, -0.2) is 90.1 Å². The summed E-state index contributed by atoms with van der Waals surface area (Å²) in [6.45, 7) is 6.66. The third-order valence-electron chi connectivity index (χ3n) is 7.26. The maximum Gasteiger partial charge on any atom is 0.350 e. The minimum Gasteiger partial charge on any atom is -0.465 e. The van der Waals surface area contributed by atoms with Crippen molar-refractivity contribution in [3.63, 3.8) is 0 Å². The Labute approximate surface area is 230 Å². The number of carbonyl (C=O) groups excluding carboxylic acids is 1. The van der Waals surface area contributed by atoms with Crippen LogP contribution in [0.4, 0.5) is 34.5 Å². The Morgan fingerprint density at radius 2 is 1.79 bits per heavy atom. The molecule has 2 N–H and O–H groups in total. The van der Waals surface area contributed by atoms with Crippen molar-refractivity contribution >= 4 is 51.8 Å². The van der Waals surface area contributed by atoms with Crippen LogP contribution in [-0.2, 0) is 4.74 Å². The minimum atomic E-state index is -0.571. The molecule has 0 saturated carbocycles. The highest BCUT2D eigenvalue weighted by atomic mass is 32.1. The van der Waals surface area contributed by atoms with Crippen molar-refractivity contribution in [2.24, 2.45) is 0 Å². The third kappa shape index (κ3) is 6.27. The number of esters is 1. The molecule has 3 aromatic rings. The maximum atomic E-state index is 12.0. The molecule has 0 radical (unpaired) electrons. The van der Waals surface area contributed by atoms with Crippen molar-refractivity contribution in [1.29, 1.82) is 0 Å². The molecular weight excluding hydrogens is 520 g/mol. The van der Waals surface area contributed by atoms with Crippen LogP contribution < -0.4 is 15.5 Å². The summed E-state index contributed by atoms with van der Waals surface area (Å²) < 4.78 is 4.79. The number of methoxy groups -OCH3 is 1. The number of nitrogens with zero attached hydrogens (tertiary/aromatic N) is 6. The van der Waals surface area contributed by atoms with Gasteiger partial charge >= 0.3 is 11.7 Å². The summed E-state index contributed by atoms with van der Waals surface area (Å²) in [4.78, 5) is 39.2. The Hall–Kier alpha value is -3.81. The predicted octanol–water partition coefficient (Wildman–Crippen LogP) is 3.94. The number of piperidine rings is 1. The van der Waals surface area contributed by atoms with E-state index >= 15 is 0 Å². The molecule has 39 heavy (non-hydrogen) atoms. The number of rotatable bonds is 8. The molecule has 12 nitrogen and oxygen atoms in total. The Bertz CT molecular complexity index is 1300. The first kappa shape index (κ1) is 26.8. The zero-order valence-electron chi connectivity index (χ0n) is 22.0. The van der Waals surface area contributed by atoms with Gasteiger partial charge in [-0.3, -0.25) is 15.0 Å². The van der Waals surface area contributed by atoms with Crippen LogP contribution in [0.1, 0.15) is 22.5 Å². The van der Waals surface area contributed by atoms with Crippen molar-refractivity contribution in [3.8, 4) is 0 Å². The number of hydrogen-bond donors (Lipinski definition) is 2. The number of carbonyl (C=O) groups is 1. The fourth-order valence-corrected chi connectivity index (χ4v) is 5.77. The molecule has 0 amide bonds. The Balaban J connectivity index is 1.23. The summed E-state index contributed by atoms with van der Waals surface area (Å²) in [7, 11) is 3.47. The van der Waals surface area contributed by atoms with Crippen LogP contribution in [0, 0.1) is 10.1 Å². The van der Waals surface area contributed by atoms with Crippen LogP contribution in [0.15, 0.2) is 41.9 Å². The average Bonchev–Trinajstić information content (AvgIpc) is 3.42. The highest BCUT2D eigenvalue weighted by Crippen LogP contribution is 2.31. The monoisotopic (exact) mass is 552 g/mol. The molecule has 2 saturated heterocycles. The zero-order valence-corrected chi connectivity index (χ0v) is 22.8. The lowest BCUT2D eigenvalue weighted by Crippen LogP contribution is -2.52. The van der Waals surface area contributed by atoms with Gasteiger partial charge in [-0.2, -0.15) is 4.98 Å². The molecule has 1 aromatic carbocycles. The Morgan fingerprint density at radius 1 is 1.08 bits per heavy atom. The van der Waals surface area contributed by atoms with Gasteiger partial charge in [-0.1, -0.05) is 0 Å². The summed E-state index contributed by atoms with van der Waals surface area (Å²) in [5.41, 5.74) is 1.99. The summed E-state index contributed by atoms with van der Waals surface area (Å²) in [5.74, 6) is -0.370. The largest absolute Gasteiger partial charge is 0.465 e. The van der Waals surface area contributed by atoms with E-state index in [2.05, 4.69) is 54.5 Å². The van der Waals surface area contributed by atoms with E-state index in [1.807, 2.05) is 12.1 Å². The van der Waals surface area contributed by atoms with Gasteiger partial charge in [0.05, 0.1) is 17.7 Å². The average molecular weight is 553 g/mol. The van der Waals surface area contributed by atoms with E-state index in [1.54, 1.807) is 11.4 Å². The number of benzene rings is 1. The fraction of sp³-hybridized carbons (Fsp3) is 0.423. The molecule has 0 bridgehead atoms. The zero-order chi connectivity index (χ0) is 27.4. The molecule has 5 rings (SSSR count). The van der Waals surface area contributed by atoms with Crippen molar-refractivity contribution < 1.29 is 14.5 Å². The number of ether oxygens (including phenoxy) is 1. The lowest BCUT2D eigenvalue weighted by atomic mass is 10.0. The molecule has 0 atom stereocenters. The molecule has 206 valence electrons. The maximum absolute atomic E-state index is 12.0. The van der Waals surface area contributed by atoms with E-state index in [9.17, 15) is 14.9 Å². The number of aromatic nitrogens is 2. The minimum absolute atomic E-state index is 0.0269. The predicted molar refractivity (Wildman–Crippen MR) is 152 cm³/mol. The number of nitro groups is 1. The van der Waals surface area contributed by atoms with E-state index in [0.29, 0.717) is 16.6 Å². The standard InChI is InChI=1S/C26H32N8O4S/c1-31-12-14-33(15-13-31)20-7-10-32(11-8-20)19-5-3-18(4-6-19)28-26-27-17-22(34(36)37)24(30-26)29-21-9-16-39-23(21)25(35)38-2/h3-6,9,16-17,20H,7-8,10-15H2,1-2H3,(H2,27,28,29,30). The third-order valence-corrected chi connectivity index (χ3v) is 8.16. The highest BCUT2D eigenvalue weighted by molar-refractivity contribution is 7.12. The first-order chi connectivity index (χ1) is 18.9. The first-order valence-corrected chi connectivity index (χ1v) is 13.8. The first-order valence-electron chi connectivity index (χ1n) is 12.9. The molecule has 2 fully saturated rings. The lowest BCUT2D eigenvalue weighted by molar-refractivity contribution is -0.384. The van der Waals surface area contributed by atoms with E-state index in [4.69, 9.17) is 4.74 Å². The summed E-state index contributed by atoms with van der Waals surface area (Å²) in [6.07, 6.45) is 3.47. The summed E-state index contributed by atoms with van der Waals surface area (Å²) >= 11 is 1.17. The van der Waals surface area contributed by atoms with Gasteiger partial charge in [-0.25, -0.2) is 9.78 Å². The molecular formula is C26H32N8O4S. The highest BCUT2D eigenvalue weighted by Gasteiger charge is 2.27. The second-order valence-corrected chi connectivity index (χ2v) is 10.6. The lowest BCUT2D eigenvalue weighted by Gasteiger charge is -2.42. The van der Waals surface area contributed by atoms with Crippen molar-refractivity contribution in [2.75, 3.05) is 69.0 Å². The van der Waals surface area contributed by atoms with Gasteiger partial charge in [-0.05, 0) is 55.6 Å². The SMILES string of the molecule is COC(=O)c1sccc1Nc1nc(Nc2ccc(N3CCC(N4CCN(C)CC4)CC3)cc2)ncc1[N+](=O)[O-]. The smallest absolute Gasteiger partial charge is 0.350 e. The molecule has 2 aromatic heterocycles. The van der Waals surface area contributed by atoms with Crippen molar-refractivity contribution in [1.82, 2.24) is 19.8 Å². The number of hydrogen-bond acceptors (Lipinski definition) is 12. The van der Waals surface area contributed by atoms with Gasteiger partial charge in [0.1, 0.15) is 11.1 Å². The van der Waals surface area contributed by atoms with Crippen LogP contribution in [0.5, 0.6) is 0 Å². The quantitative estimate of drug-likeness (QED) is 0.239. The van der Waals surface area contributed by atoms with Crippen molar-refractivity contribution in [2.45, 2.75) is 18.9 Å². The molecule has 4 heterocycles. The molecule has 2 aliphatic heterocycles. The molecule has 2 aliphatic rings. The van der Waals surface area contributed by atoms with Crippen LogP contribution in [0.25, 0.3) is 0 Å². The van der Waals surface area contributed by atoms with Crippen LogP contribution >= 0.6 is 11.3 Å². The van der Waals surface area contributed by atoms with Crippen molar-refractivity contribution in [3.05, 3.63) is 56.9 Å². The van der Waals surface area contributed by atoms with E-state index in [0.717, 1.165) is 69.7 Å². The number of anilines is 5. The molecule has 0 aliphatic carbocycles. The second kappa shape index (κ2) is 11.9. The number of nitrogens with one attached hydrogen (secondary N) is 2. The normalized spacial score (nSPS) is 17.1. The van der Waals surface area contributed by atoms with Gasteiger partial charge in [0.2, 0.25) is 11.8 Å². The van der Waals surface area contributed by atoms with Gasteiger partial charge in [0, 0.05) is 56.7 Å². The van der Waals surface area contributed by atoms with E-state index in [-0.39, 0.29) is 17.5 Å². The van der Waals surface area contributed by atoms with Crippen LogP contribution in [0.2, 0.25) is 0 Å². The molecule has 13 heteroatoms. The van der Waals surface area contributed by atoms with Crippen LogP contribution in [0.3, 0.4) is 0 Å². The van der Waals surface area contributed by atoms with Gasteiger partial charge in [-0.15, -0.1) is 11.3 Å².